The molecule has 3 N–H and O–H groups in total. The number of carbonyl (C=O) groups excluding carboxylic acids is 4. The monoisotopic (exact) mass is 1450 g/mol. The number of aliphatic hydroxyl groups excluding tert-OH is 1. The Bertz CT molecular complexity index is 2000. The van der Waals surface area contributed by atoms with Crippen LogP contribution in [0.2, 0.25) is 0 Å². The van der Waals surface area contributed by atoms with Crippen molar-refractivity contribution in [1.29, 1.82) is 0 Å². The molecule has 0 fully saturated rings. The SMILES string of the molecule is CCCCCC/C=C\C=C/CCCCCCCC(=O)OC[C@H](COP(=O)(O)OC[C@@H](O)COP(=O)(O)OC[C@@H](COC(=O)CCCCCCCCCCCCCCC)OC(=O)CCCCCCCCCCCCC(C)C)OC(=O)CCCCCCCCCCCCCCCCC(C)CC. The topological polar surface area (TPSA) is 237 Å². The zero-order valence-corrected chi connectivity index (χ0v) is 66.1. The van der Waals surface area contributed by atoms with Gasteiger partial charge >= 0.3 is 39.5 Å². The highest BCUT2D eigenvalue weighted by atomic mass is 31.2. The van der Waals surface area contributed by atoms with E-state index >= 15 is 0 Å². The predicted molar refractivity (Wildman–Crippen MR) is 404 cm³/mol. The van der Waals surface area contributed by atoms with Crippen LogP contribution in [-0.4, -0.2) is 96.7 Å². The molecule has 0 amide bonds. The molecule has 0 spiro atoms. The van der Waals surface area contributed by atoms with Gasteiger partial charge in [0, 0.05) is 25.7 Å². The first-order valence-electron chi connectivity index (χ1n) is 40.8. The number of hydrogen-bond donors (Lipinski definition) is 3. The number of carbonyl (C=O) groups is 4. The lowest BCUT2D eigenvalue weighted by Crippen LogP contribution is -2.30. The molecular formula is C80H152O17P2. The molecule has 0 saturated carbocycles. The summed E-state index contributed by atoms with van der Waals surface area (Å²) in [4.78, 5) is 73.0. The third-order valence-corrected chi connectivity index (χ3v) is 20.3. The number of hydrogen-bond acceptors (Lipinski definition) is 15. The van der Waals surface area contributed by atoms with Crippen molar-refractivity contribution in [2.24, 2.45) is 11.8 Å². The van der Waals surface area contributed by atoms with Gasteiger partial charge in [-0.3, -0.25) is 37.3 Å². The average Bonchev–Trinajstić information content (AvgIpc) is 1.07. The van der Waals surface area contributed by atoms with Gasteiger partial charge in [-0.05, 0) is 63.2 Å². The van der Waals surface area contributed by atoms with Crippen LogP contribution >= 0.6 is 15.6 Å². The molecule has 0 aromatic rings. The number of rotatable bonds is 77. The number of aliphatic hydroxyl groups is 1. The van der Waals surface area contributed by atoms with Crippen molar-refractivity contribution in [3.05, 3.63) is 24.3 Å². The molecule has 3 unspecified atom stereocenters. The molecule has 0 aromatic heterocycles. The minimum absolute atomic E-state index is 0.101. The Labute approximate surface area is 605 Å². The van der Waals surface area contributed by atoms with Gasteiger partial charge in [0.1, 0.15) is 19.3 Å². The fraction of sp³-hybridized carbons (Fsp3) is 0.900. The summed E-state index contributed by atoms with van der Waals surface area (Å²) in [5, 5.41) is 10.6. The maximum atomic E-state index is 13.1. The largest absolute Gasteiger partial charge is 0.472 e. The minimum Gasteiger partial charge on any atom is -0.462 e. The van der Waals surface area contributed by atoms with Crippen LogP contribution < -0.4 is 0 Å². The van der Waals surface area contributed by atoms with Crippen molar-refractivity contribution in [1.82, 2.24) is 0 Å². The molecule has 0 rings (SSSR count). The van der Waals surface area contributed by atoms with Crippen molar-refractivity contribution < 1.29 is 80.2 Å². The fourth-order valence-electron chi connectivity index (χ4n) is 11.8. The second kappa shape index (κ2) is 71.2. The second-order valence-corrected chi connectivity index (χ2v) is 31.7. The Balaban J connectivity index is 5.30. The van der Waals surface area contributed by atoms with Gasteiger partial charge < -0.3 is 33.8 Å². The van der Waals surface area contributed by atoms with Crippen LogP contribution in [0.25, 0.3) is 0 Å². The molecule has 0 heterocycles. The Morgan fingerprint density at radius 1 is 0.333 bits per heavy atom. The third kappa shape index (κ3) is 72.3. The second-order valence-electron chi connectivity index (χ2n) is 28.8. The first-order valence-corrected chi connectivity index (χ1v) is 43.8. The summed E-state index contributed by atoms with van der Waals surface area (Å²) in [6.45, 7) is 9.60. The van der Waals surface area contributed by atoms with E-state index in [9.17, 15) is 43.2 Å². The minimum atomic E-state index is -4.97. The number of esters is 4. The highest BCUT2D eigenvalue weighted by molar-refractivity contribution is 7.47. The van der Waals surface area contributed by atoms with Crippen molar-refractivity contribution in [3.63, 3.8) is 0 Å². The molecule has 99 heavy (non-hydrogen) atoms. The first-order chi connectivity index (χ1) is 47.9. The van der Waals surface area contributed by atoms with Crippen molar-refractivity contribution in [2.75, 3.05) is 39.6 Å². The molecule has 0 saturated heterocycles. The summed E-state index contributed by atoms with van der Waals surface area (Å²) < 4.78 is 68.7. The van der Waals surface area contributed by atoms with Gasteiger partial charge in [-0.2, -0.15) is 0 Å². The molecule has 19 heteroatoms. The van der Waals surface area contributed by atoms with Gasteiger partial charge in [0.05, 0.1) is 26.4 Å². The van der Waals surface area contributed by atoms with E-state index in [1.165, 1.54) is 193 Å². The Morgan fingerprint density at radius 2 is 0.596 bits per heavy atom. The van der Waals surface area contributed by atoms with E-state index in [0.717, 1.165) is 121 Å². The highest BCUT2D eigenvalue weighted by Gasteiger charge is 2.30. The van der Waals surface area contributed by atoms with Crippen molar-refractivity contribution >= 4 is 39.5 Å². The Kier molecular flexibility index (Phi) is 69.4. The van der Waals surface area contributed by atoms with Gasteiger partial charge in [-0.25, -0.2) is 9.13 Å². The molecule has 17 nitrogen and oxygen atoms in total. The van der Waals surface area contributed by atoms with E-state index in [0.29, 0.717) is 25.7 Å². The van der Waals surface area contributed by atoms with Crippen LogP contribution in [0.3, 0.4) is 0 Å². The van der Waals surface area contributed by atoms with Crippen LogP contribution in [0.1, 0.15) is 395 Å². The standard InChI is InChI=1S/C80H152O17P2/c1-7-10-12-14-16-18-20-22-23-28-32-39-45-51-57-63-78(83)91-68-75(96-79(84)64-58-52-46-40-33-29-25-24-27-30-37-43-49-55-61-73(6)9-3)70-94-98(86,87)92-66-74(81)67-93-99(88,89)95-71-76(97-80(85)65-59-53-47-41-35-34-36-42-48-54-60-72(4)5)69-90-77(82)62-56-50-44-38-31-26-21-19-17-15-13-11-8-2/h18,20,22-23,72-76,81H,7-17,19,21,24-71H2,1-6H3,(H,86,87)(H,88,89)/b20-18-,23-22-/t73?,74-,75-,76-/m1/s1. The quantitative estimate of drug-likeness (QED) is 0.0169. The summed E-state index contributed by atoms with van der Waals surface area (Å²) in [6.07, 6.45) is 63.0. The van der Waals surface area contributed by atoms with E-state index in [1.807, 2.05) is 0 Å². The normalized spacial score (nSPS) is 14.4. The summed E-state index contributed by atoms with van der Waals surface area (Å²) in [7, 11) is -9.93. The molecule has 0 aliphatic heterocycles. The van der Waals surface area contributed by atoms with E-state index in [2.05, 4.69) is 65.8 Å². The zero-order valence-electron chi connectivity index (χ0n) is 64.3. The summed E-state index contributed by atoms with van der Waals surface area (Å²) in [5.41, 5.74) is 0. The number of phosphoric acid groups is 2. The molecule has 0 bridgehead atoms. The maximum Gasteiger partial charge on any atom is 0.472 e. The van der Waals surface area contributed by atoms with Gasteiger partial charge in [-0.15, -0.1) is 0 Å². The van der Waals surface area contributed by atoms with Crippen LogP contribution in [0.15, 0.2) is 24.3 Å². The van der Waals surface area contributed by atoms with E-state index < -0.39 is 97.5 Å². The lowest BCUT2D eigenvalue weighted by atomic mass is 9.99. The number of unbranched alkanes of at least 4 members (excludes halogenated alkanes) is 43. The third-order valence-electron chi connectivity index (χ3n) is 18.4. The van der Waals surface area contributed by atoms with E-state index in [4.69, 9.17) is 37.0 Å². The van der Waals surface area contributed by atoms with Gasteiger partial charge in [0.25, 0.3) is 0 Å². The number of allylic oxidation sites excluding steroid dienone is 4. The average molecular weight is 1450 g/mol. The zero-order chi connectivity index (χ0) is 72.8. The van der Waals surface area contributed by atoms with Crippen LogP contribution in [-0.2, 0) is 65.4 Å². The van der Waals surface area contributed by atoms with E-state index in [1.54, 1.807) is 0 Å². The van der Waals surface area contributed by atoms with Gasteiger partial charge in [-0.1, -0.05) is 342 Å². The van der Waals surface area contributed by atoms with Crippen molar-refractivity contribution in [3.8, 4) is 0 Å². The molecule has 0 aliphatic carbocycles. The Hall–Kier alpha value is -2.46. The molecule has 0 aliphatic rings. The fourth-order valence-corrected chi connectivity index (χ4v) is 13.4. The predicted octanol–water partition coefficient (Wildman–Crippen LogP) is 23.4. The van der Waals surface area contributed by atoms with Crippen LogP contribution in [0, 0.1) is 11.8 Å². The summed E-state index contributed by atoms with van der Waals surface area (Å²) in [5.74, 6) is -0.545. The van der Waals surface area contributed by atoms with E-state index in [-0.39, 0.29) is 25.7 Å². The summed E-state index contributed by atoms with van der Waals surface area (Å²) in [6, 6.07) is 0. The smallest absolute Gasteiger partial charge is 0.462 e. The number of phosphoric ester groups is 2. The van der Waals surface area contributed by atoms with Crippen molar-refractivity contribution in [2.45, 2.75) is 413 Å². The lowest BCUT2D eigenvalue weighted by molar-refractivity contribution is -0.161. The van der Waals surface area contributed by atoms with Gasteiger partial charge in [0.2, 0.25) is 0 Å². The molecule has 0 aromatic carbocycles. The lowest BCUT2D eigenvalue weighted by Gasteiger charge is -2.21. The van der Waals surface area contributed by atoms with Crippen LogP contribution in [0.4, 0.5) is 0 Å². The molecule has 0 radical (unpaired) electrons. The molecule has 584 valence electrons. The molecule has 6 atom stereocenters. The number of ether oxygens (including phenoxy) is 4. The highest BCUT2D eigenvalue weighted by Crippen LogP contribution is 2.45. The maximum absolute atomic E-state index is 13.1. The Morgan fingerprint density at radius 3 is 0.909 bits per heavy atom. The summed E-state index contributed by atoms with van der Waals surface area (Å²) >= 11 is 0. The molecular weight excluding hydrogens is 1290 g/mol. The van der Waals surface area contributed by atoms with Gasteiger partial charge in [0.15, 0.2) is 12.2 Å². The first kappa shape index (κ1) is 96.5. The van der Waals surface area contributed by atoms with Crippen LogP contribution in [0.5, 0.6) is 0 Å².